The van der Waals surface area contributed by atoms with Crippen molar-refractivity contribution in [3.8, 4) is 11.5 Å². The molecule has 0 spiro atoms. The Hall–Kier alpha value is -1.98. The summed E-state index contributed by atoms with van der Waals surface area (Å²) >= 11 is 6.46. The van der Waals surface area contributed by atoms with Gasteiger partial charge in [0.25, 0.3) is 0 Å². The fraction of sp³-hybridized carbons (Fsp3) is 0.227. The van der Waals surface area contributed by atoms with Gasteiger partial charge in [0.1, 0.15) is 6.61 Å². The van der Waals surface area contributed by atoms with E-state index in [-0.39, 0.29) is 24.8 Å². The number of halogens is 3. The molecular formula is C22H23Cl3N2O2-2. The quantitative estimate of drug-likeness (QED) is 0.472. The summed E-state index contributed by atoms with van der Waals surface area (Å²) in [6.07, 6.45) is 3.62. The van der Waals surface area contributed by atoms with E-state index in [2.05, 4.69) is 29.4 Å². The lowest BCUT2D eigenvalue weighted by molar-refractivity contribution is -0.00100. The van der Waals surface area contributed by atoms with Crippen LogP contribution in [0.1, 0.15) is 22.3 Å². The third-order valence-corrected chi connectivity index (χ3v) is 4.45. The number of hydrogen-bond acceptors (Lipinski definition) is 4. The monoisotopic (exact) mass is 452 g/mol. The number of hydrogen-bond donors (Lipinski definition) is 1. The molecule has 0 saturated heterocycles. The van der Waals surface area contributed by atoms with Crippen molar-refractivity contribution >= 4 is 11.6 Å². The van der Waals surface area contributed by atoms with Gasteiger partial charge < -0.3 is 39.6 Å². The zero-order valence-corrected chi connectivity index (χ0v) is 18.6. The first-order chi connectivity index (χ1) is 13.2. The molecule has 29 heavy (non-hydrogen) atoms. The molecule has 3 rings (SSSR count). The average Bonchev–Trinajstić information content (AvgIpc) is 2.69. The molecule has 7 heteroatoms. The second-order valence-electron chi connectivity index (χ2n) is 6.35. The minimum Gasteiger partial charge on any atom is -1.00 e. The first-order valence-electron chi connectivity index (χ1n) is 8.80. The Kier molecular flexibility index (Phi) is 10.8. The highest BCUT2D eigenvalue weighted by Gasteiger charge is 2.12. The Balaban J connectivity index is 0.00000210. The zero-order valence-electron chi connectivity index (χ0n) is 16.3. The maximum Gasteiger partial charge on any atom is 0.180 e. The molecule has 4 nitrogen and oxygen atoms in total. The van der Waals surface area contributed by atoms with Gasteiger partial charge in [-0.05, 0) is 41.8 Å². The summed E-state index contributed by atoms with van der Waals surface area (Å²) in [5.41, 5.74) is 4.47. The standard InChI is InChI=1S/C22H23ClN2O2.2ClH/c1-16-5-7-17(8-6-16)15-27-22-20(23)10-19(11-21(22)26-2)14-25-13-18-4-3-9-24-12-18;;/h3-12,25H,13-15H2,1-2H3;2*1H/p-2. The molecule has 1 N–H and O–H groups in total. The minimum absolute atomic E-state index is 0. The van der Waals surface area contributed by atoms with Crippen LogP contribution in [0.2, 0.25) is 5.02 Å². The predicted octanol–water partition coefficient (Wildman–Crippen LogP) is -1.07. The van der Waals surface area contributed by atoms with Crippen LogP contribution >= 0.6 is 11.6 Å². The van der Waals surface area contributed by atoms with Crippen LogP contribution in [0.4, 0.5) is 0 Å². The summed E-state index contributed by atoms with van der Waals surface area (Å²) in [6, 6.07) is 16.0. The molecule has 0 radical (unpaired) electrons. The van der Waals surface area contributed by atoms with Gasteiger partial charge in [-0.2, -0.15) is 0 Å². The molecule has 3 aromatic rings. The number of benzene rings is 2. The molecular weight excluding hydrogens is 431 g/mol. The molecule has 1 aromatic heterocycles. The van der Waals surface area contributed by atoms with Crippen molar-refractivity contribution in [2.75, 3.05) is 7.11 Å². The molecule has 0 amide bonds. The highest BCUT2D eigenvalue weighted by atomic mass is 35.5. The van der Waals surface area contributed by atoms with Crippen LogP contribution in [0.15, 0.2) is 60.9 Å². The van der Waals surface area contributed by atoms with Crippen LogP contribution in [0.3, 0.4) is 0 Å². The van der Waals surface area contributed by atoms with Gasteiger partial charge in [-0.15, -0.1) is 0 Å². The van der Waals surface area contributed by atoms with Crippen molar-refractivity contribution in [2.45, 2.75) is 26.6 Å². The van der Waals surface area contributed by atoms with Crippen molar-refractivity contribution in [2.24, 2.45) is 0 Å². The van der Waals surface area contributed by atoms with Crippen LogP contribution in [0.25, 0.3) is 0 Å². The van der Waals surface area contributed by atoms with E-state index >= 15 is 0 Å². The largest absolute Gasteiger partial charge is 1.00 e. The van der Waals surface area contributed by atoms with E-state index in [0.717, 1.165) is 23.2 Å². The number of pyridine rings is 1. The fourth-order valence-electron chi connectivity index (χ4n) is 2.71. The van der Waals surface area contributed by atoms with Gasteiger partial charge in [0.05, 0.1) is 12.1 Å². The highest BCUT2D eigenvalue weighted by Crippen LogP contribution is 2.37. The van der Waals surface area contributed by atoms with E-state index in [1.165, 1.54) is 5.56 Å². The molecule has 0 aliphatic heterocycles. The van der Waals surface area contributed by atoms with E-state index in [1.54, 1.807) is 13.3 Å². The number of aromatic nitrogens is 1. The van der Waals surface area contributed by atoms with Gasteiger partial charge in [0.2, 0.25) is 0 Å². The third kappa shape index (κ3) is 7.41. The van der Waals surface area contributed by atoms with Crippen molar-refractivity contribution in [1.82, 2.24) is 10.3 Å². The average molecular weight is 454 g/mol. The maximum atomic E-state index is 6.46. The Morgan fingerprint density at radius 3 is 2.34 bits per heavy atom. The second-order valence-corrected chi connectivity index (χ2v) is 6.76. The molecule has 0 atom stereocenters. The third-order valence-electron chi connectivity index (χ3n) is 4.17. The van der Waals surface area contributed by atoms with Gasteiger partial charge in [-0.25, -0.2) is 0 Å². The maximum absolute atomic E-state index is 6.46. The van der Waals surface area contributed by atoms with E-state index in [4.69, 9.17) is 21.1 Å². The Morgan fingerprint density at radius 2 is 1.69 bits per heavy atom. The lowest BCUT2D eigenvalue weighted by atomic mass is 10.1. The summed E-state index contributed by atoms with van der Waals surface area (Å²) in [4.78, 5) is 4.12. The molecule has 156 valence electrons. The first kappa shape index (κ1) is 25.1. The minimum atomic E-state index is 0. The van der Waals surface area contributed by atoms with Gasteiger partial charge in [0.15, 0.2) is 11.5 Å². The van der Waals surface area contributed by atoms with Gasteiger partial charge >= 0.3 is 0 Å². The van der Waals surface area contributed by atoms with E-state index in [9.17, 15) is 0 Å². The fourth-order valence-corrected chi connectivity index (χ4v) is 3.00. The summed E-state index contributed by atoms with van der Waals surface area (Å²) in [5, 5.41) is 3.93. The molecule has 0 unspecified atom stereocenters. The summed E-state index contributed by atoms with van der Waals surface area (Å²) in [6.45, 7) is 3.91. The molecule has 2 aromatic carbocycles. The Morgan fingerprint density at radius 1 is 0.966 bits per heavy atom. The van der Waals surface area contributed by atoms with Crippen LogP contribution in [-0.4, -0.2) is 12.1 Å². The molecule has 0 fully saturated rings. The number of methoxy groups -OCH3 is 1. The molecule has 0 saturated carbocycles. The predicted molar refractivity (Wildman–Crippen MR) is 108 cm³/mol. The zero-order chi connectivity index (χ0) is 19.1. The second kappa shape index (κ2) is 12.6. The van der Waals surface area contributed by atoms with Gasteiger partial charge in [-0.1, -0.05) is 47.5 Å². The van der Waals surface area contributed by atoms with Crippen molar-refractivity contribution in [3.05, 3.63) is 88.2 Å². The summed E-state index contributed by atoms with van der Waals surface area (Å²) in [7, 11) is 1.62. The lowest BCUT2D eigenvalue weighted by Crippen LogP contribution is -3.00. The van der Waals surface area contributed by atoms with Crippen LogP contribution in [0, 0.1) is 6.92 Å². The molecule has 1 heterocycles. The van der Waals surface area contributed by atoms with Crippen LogP contribution in [0.5, 0.6) is 11.5 Å². The lowest BCUT2D eigenvalue weighted by Gasteiger charge is -2.15. The topological polar surface area (TPSA) is 43.4 Å². The van der Waals surface area contributed by atoms with Crippen LogP contribution in [-0.2, 0) is 19.7 Å². The summed E-state index contributed by atoms with van der Waals surface area (Å²) in [5.74, 6) is 1.20. The molecule has 0 aliphatic carbocycles. The van der Waals surface area contributed by atoms with E-state index < -0.39 is 0 Å². The van der Waals surface area contributed by atoms with E-state index in [0.29, 0.717) is 29.7 Å². The molecule has 0 aliphatic rings. The SMILES string of the molecule is COc1cc(CNCc2cccnc2)cc(Cl)c1OCc1ccc(C)cc1.[Cl-].[Cl-]. The van der Waals surface area contributed by atoms with Gasteiger partial charge in [-0.3, -0.25) is 4.98 Å². The normalized spacial score (nSPS) is 9.90. The van der Waals surface area contributed by atoms with Crippen molar-refractivity contribution in [1.29, 1.82) is 0 Å². The Labute approximate surface area is 189 Å². The molecule has 0 bridgehead atoms. The number of nitrogens with one attached hydrogen (secondary N) is 1. The smallest absolute Gasteiger partial charge is 0.180 e. The summed E-state index contributed by atoms with van der Waals surface area (Å²) < 4.78 is 11.4. The Bertz CT molecular complexity index is 875. The number of nitrogens with zero attached hydrogens (tertiary/aromatic N) is 1. The number of rotatable bonds is 8. The van der Waals surface area contributed by atoms with Gasteiger partial charge in [0, 0.05) is 25.5 Å². The number of aryl methyl sites for hydroxylation is 1. The van der Waals surface area contributed by atoms with Crippen molar-refractivity contribution in [3.63, 3.8) is 0 Å². The first-order valence-corrected chi connectivity index (χ1v) is 9.18. The van der Waals surface area contributed by atoms with E-state index in [1.807, 2.05) is 42.6 Å². The van der Waals surface area contributed by atoms with Crippen LogP contribution < -0.4 is 39.6 Å². The highest BCUT2D eigenvalue weighted by molar-refractivity contribution is 6.32. The van der Waals surface area contributed by atoms with Crippen molar-refractivity contribution < 1.29 is 34.3 Å². The number of ether oxygens (including phenoxy) is 2.